The number of imidazole rings is 1. The van der Waals surface area contributed by atoms with Crippen LogP contribution < -0.4 is 21.1 Å². The molecule has 67 heavy (non-hydrogen) atoms. The van der Waals surface area contributed by atoms with Crippen molar-refractivity contribution in [1.82, 2.24) is 25.2 Å². The van der Waals surface area contributed by atoms with Crippen LogP contribution in [0.25, 0.3) is 33.1 Å². The summed E-state index contributed by atoms with van der Waals surface area (Å²) in [6.07, 6.45) is 5.35. The van der Waals surface area contributed by atoms with Gasteiger partial charge in [0.05, 0.1) is 34.7 Å². The van der Waals surface area contributed by atoms with Gasteiger partial charge >= 0.3 is 12.2 Å². The number of ether oxygens (including phenoxy) is 1. The number of carboxylic acid groups (broad SMARTS) is 1. The molecule has 356 valence electrons. The summed E-state index contributed by atoms with van der Waals surface area (Å²) in [6, 6.07) is 29.0. The van der Waals surface area contributed by atoms with Crippen LogP contribution in [0.3, 0.4) is 0 Å². The second-order valence-electron chi connectivity index (χ2n) is 20.5. The summed E-state index contributed by atoms with van der Waals surface area (Å²) in [5.74, 6) is 0.0261. The van der Waals surface area contributed by atoms with Crippen LogP contribution in [-0.2, 0) is 28.7 Å². The fourth-order valence-electron chi connectivity index (χ4n) is 8.85. The third-order valence-electron chi connectivity index (χ3n) is 13.4. The highest BCUT2D eigenvalue weighted by Gasteiger charge is 2.40. The maximum atomic E-state index is 13.1. The first-order valence-electron chi connectivity index (χ1n) is 23.6. The Bertz CT molecular complexity index is 2730. The van der Waals surface area contributed by atoms with Crippen molar-refractivity contribution < 1.29 is 29.0 Å². The zero-order chi connectivity index (χ0) is 48.1. The number of anilines is 1. The van der Waals surface area contributed by atoms with Crippen LogP contribution in [0.2, 0.25) is 18.1 Å². The van der Waals surface area contributed by atoms with Crippen molar-refractivity contribution in [3.05, 3.63) is 124 Å². The van der Waals surface area contributed by atoms with E-state index in [0.29, 0.717) is 50.0 Å². The number of phenols is 1. The van der Waals surface area contributed by atoms with Gasteiger partial charge in [0.25, 0.3) is 0 Å². The third kappa shape index (κ3) is 12.1. The number of benzene rings is 4. The summed E-state index contributed by atoms with van der Waals surface area (Å²) in [5.41, 5.74) is 7.15. The normalized spacial score (nSPS) is 16.2. The van der Waals surface area contributed by atoms with E-state index in [4.69, 9.17) is 14.1 Å². The van der Waals surface area contributed by atoms with Crippen LogP contribution in [0.5, 0.6) is 5.75 Å². The van der Waals surface area contributed by atoms with Crippen molar-refractivity contribution >= 4 is 48.1 Å². The van der Waals surface area contributed by atoms with Gasteiger partial charge in [-0.15, -0.1) is 0 Å². The molecule has 1 atom stereocenters. The number of fused-ring (bicyclic) bond motifs is 2. The summed E-state index contributed by atoms with van der Waals surface area (Å²) in [6.45, 7) is 18.5. The van der Waals surface area contributed by atoms with E-state index in [0.717, 1.165) is 70.0 Å². The lowest BCUT2D eigenvalue weighted by atomic mass is 9.89. The number of amides is 2. The summed E-state index contributed by atoms with van der Waals surface area (Å²) < 4.78 is 14.7. The zero-order valence-corrected chi connectivity index (χ0v) is 41.3. The van der Waals surface area contributed by atoms with Crippen molar-refractivity contribution in [2.75, 3.05) is 11.4 Å². The lowest BCUT2D eigenvalue weighted by molar-refractivity contribution is 0.0490. The number of nitrogens with zero attached hydrogens (tertiary/aromatic N) is 3. The smallest absolute Gasteiger partial charge is 0.412 e. The predicted molar refractivity (Wildman–Crippen MR) is 269 cm³/mol. The molecule has 1 saturated carbocycles. The number of phenolic OH excluding ortho intramolecular Hbond substituents is 1. The average Bonchev–Trinajstić information content (AvgIpc) is 3.67. The monoisotopic (exact) mass is 928 g/mol. The van der Waals surface area contributed by atoms with Gasteiger partial charge in [0.2, 0.25) is 5.56 Å². The van der Waals surface area contributed by atoms with Gasteiger partial charge < -0.3 is 39.6 Å². The van der Waals surface area contributed by atoms with E-state index in [-0.39, 0.29) is 34.5 Å². The fourth-order valence-corrected chi connectivity index (χ4v) is 10.1. The zero-order valence-electron chi connectivity index (χ0n) is 40.3. The standard InChI is InChI=1S/C53H68N6O7Si/c1-52(2,3)65-50(62)56-38-19-21-39(22-20-38)59(51(63)64)45-31-35(17-23-40(45)37-15-10-9-11-16-37)14-12-13-29-58-34-55-43-30-36(18-26-44(43)58)32-54-33-47(66-67(7,8)53(4,5)6)41-24-27-46(60)49-42(41)25-28-48(61)57-49/h9-11,15-18,23-28,30-31,34,38-39,47,54,60H,12-14,19-22,29,32-33H2,1-8H3,(H,56,62)(H,57,61)(H,63,64)/t38?,39?,47-/m0/s1. The number of carbonyl (C=O) groups is 2. The van der Waals surface area contributed by atoms with Crippen molar-refractivity contribution in [1.29, 1.82) is 0 Å². The molecule has 6 aromatic rings. The van der Waals surface area contributed by atoms with Gasteiger partial charge in [-0.25, -0.2) is 14.6 Å². The SMILES string of the molecule is CC(C)(C)OC(=O)NC1CCC(N(C(=O)O)c2cc(CCCCn3cnc4cc(CNC[C@H](O[Si](C)(C)C(C)(C)C)c5ccc(O)c6[nH]c(=O)ccc56)ccc43)ccc2-c2ccccc2)CC1. The highest BCUT2D eigenvalue weighted by atomic mass is 28.4. The van der Waals surface area contributed by atoms with Gasteiger partial charge in [0.15, 0.2) is 8.32 Å². The minimum Gasteiger partial charge on any atom is -0.506 e. The summed E-state index contributed by atoms with van der Waals surface area (Å²) in [4.78, 5) is 46.9. The quantitative estimate of drug-likeness (QED) is 0.0468. The van der Waals surface area contributed by atoms with E-state index in [9.17, 15) is 24.6 Å². The Kier molecular flexibility index (Phi) is 15.0. The van der Waals surface area contributed by atoms with Crippen molar-refractivity contribution in [3.63, 3.8) is 0 Å². The molecule has 1 aliphatic carbocycles. The highest BCUT2D eigenvalue weighted by molar-refractivity contribution is 6.74. The number of hydrogen-bond donors (Lipinski definition) is 5. The number of pyridine rings is 1. The average molecular weight is 929 g/mol. The van der Waals surface area contributed by atoms with E-state index < -0.39 is 26.1 Å². The summed E-state index contributed by atoms with van der Waals surface area (Å²) >= 11 is 0. The Morgan fingerprint density at radius 1 is 0.910 bits per heavy atom. The Hall–Kier alpha value is -5.96. The molecule has 0 radical (unpaired) electrons. The lowest BCUT2D eigenvalue weighted by Gasteiger charge is -2.39. The Balaban J connectivity index is 0.988. The molecule has 13 nitrogen and oxygen atoms in total. The topological polar surface area (TPSA) is 171 Å². The Morgan fingerprint density at radius 3 is 2.34 bits per heavy atom. The van der Waals surface area contributed by atoms with Gasteiger partial charge in [-0.1, -0.05) is 75.4 Å². The van der Waals surface area contributed by atoms with Crippen molar-refractivity contribution in [2.45, 2.75) is 141 Å². The summed E-state index contributed by atoms with van der Waals surface area (Å²) in [5, 5.41) is 28.7. The van der Waals surface area contributed by atoms with E-state index in [1.54, 1.807) is 17.0 Å². The first kappa shape index (κ1) is 49.0. The second kappa shape index (κ2) is 20.5. The molecule has 0 unspecified atom stereocenters. The molecule has 4 aromatic carbocycles. The maximum absolute atomic E-state index is 13.1. The largest absolute Gasteiger partial charge is 0.506 e. The van der Waals surface area contributed by atoms with Gasteiger partial charge in [0.1, 0.15) is 11.4 Å². The molecule has 14 heteroatoms. The maximum Gasteiger partial charge on any atom is 0.412 e. The molecule has 1 fully saturated rings. The number of carbonyl (C=O) groups excluding carboxylic acids is 1. The molecule has 2 amide bonds. The van der Waals surface area contributed by atoms with Gasteiger partial charge in [-0.3, -0.25) is 9.69 Å². The van der Waals surface area contributed by atoms with Crippen molar-refractivity contribution in [3.8, 4) is 16.9 Å². The molecule has 7 rings (SSSR count). The minimum absolute atomic E-state index is 0.0240. The van der Waals surface area contributed by atoms with Gasteiger partial charge in [-0.2, -0.15) is 0 Å². The number of aryl methyl sites for hydroxylation is 2. The van der Waals surface area contributed by atoms with Crippen LogP contribution in [0.4, 0.5) is 15.3 Å². The molecule has 2 aromatic heterocycles. The van der Waals surface area contributed by atoms with Gasteiger partial charge in [0, 0.05) is 48.7 Å². The number of aromatic amines is 1. The van der Waals surface area contributed by atoms with Crippen LogP contribution >= 0.6 is 0 Å². The third-order valence-corrected chi connectivity index (χ3v) is 17.8. The van der Waals surface area contributed by atoms with Crippen LogP contribution in [0, 0.1) is 0 Å². The first-order chi connectivity index (χ1) is 31.8. The number of hydrogen-bond acceptors (Lipinski definition) is 8. The molecule has 0 bridgehead atoms. The molecule has 1 aliphatic rings. The number of nitrogens with one attached hydrogen (secondary N) is 3. The number of aromatic nitrogens is 3. The van der Waals surface area contributed by atoms with E-state index in [2.05, 4.69) is 90.4 Å². The molecular weight excluding hydrogens is 861 g/mol. The first-order valence-corrected chi connectivity index (χ1v) is 26.5. The number of aromatic hydroxyl groups is 1. The molecule has 0 saturated heterocycles. The van der Waals surface area contributed by atoms with Crippen molar-refractivity contribution in [2.24, 2.45) is 0 Å². The van der Waals surface area contributed by atoms with E-state index in [1.165, 1.54) is 6.07 Å². The van der Waals surface area contributed by atoms with Gasteiger partial charge in [-0.05, 0) is 136 Å². The van der Waals surface area contributed by atoms with Crippen LogP contribution in [0.15, 0.2) is 102 Å². The summed E-state index contributed by atoms with van der Waals surface area (Å²) in [7, 11) is -2.23. The number of H-pyrrole nitrogens is 1. The van der Waals surface area contributed by atoms with Crippen LogP contribution in [0.1, 0.15) is 103 Å². The number of rotatable bonds is 16. The number of alkyl carbamates (subject to hydrolysis) is 1. The fraction of sp³-hybridized carbons (Fsp3) is 0.434. The van der Waals surface area contributed by atoms with E-state index >= 15 is 0 Å². The Morgan fingerprint density at radius 2 is 1.64 bits per heavy atom. The number of unbranched alkanes of at least 4 members (excludes halogenated alkanes) is 1. The van der Waals surface area contributed by atoms with Crippen LogP contribution in [-0.4, -0.2) is 69.5 Å². The molecule has 0 aliphatic heterocycles. The Labute approximate surface area is 395 Å². The molecule has 2 heterocycles. The minimum atomic E-state index is -2.23. The molecule has 0 spiro atoms. The predicted octanol–water partition coefficient (Wildman–Crippen LogP) is 11.4. The van der Waals surface area contributed by atoms with E-state index in [1.807, 2.05) is 63.5 Å². The second-order valence-corrected chi connectivity index (χ2v) is 25.3. The molecular formula is C53H68N6O7Si. The lowest BCUT2D eigenvalue weighted by Crippen LogP contribution is -2.47. The highest BCUT2D eigenvalue weighted by Crippen LogP contribution is 2.42. The molecule has 5 N–H and O–H groups in total.